The summed E-state index contributed by atoms with van der Waals surface area (Å²) in [6.45, 7) is 3.91. The molecule has 1 rings (SSSR count). The van der Waals surface area contributed by atoms with Gasteiger partial charge in [0, 0.05) is 20.6 Å². The van der Waals surface area contributed by atoms with E-state index >= 15 is 0 Å². The van der Waals surface area contributed by atoms with E-state index in [1.165, 1.54) is 4.90 Å². The monoisotopic (exact) mass is 251 g/mol. The van der Waals surface area contributed by atoms with E-state index in [2.05, 4.69) is 17.2 Å². The van der Waals surface area contributed by atoms with Gasteiger partial charge in [-0.25, -0.2) is 0 Å². The summed E-state index contributed by atoms with van der Waals surface area (Å²) in [7, 11) is 3.40. The van der Waals surface area contributed by atoms with E-state index in [4.69, 9.17) is 4.74 Å². The molecule has 5 nitrogen and oxygen atoms in total. The molecule has 0 aromatic carbocycles. The minimum Gasteiger partial charge on any atom is -0.482 e. The fourth-order valence-electron chi connectivity index (χ4n) is 1.27. The molecular formula is C13H21N3O2. The van der Waals surface area contributed by atoms with Crippen LogP contribution in [-0.2, 0) is 11.3 Å². The largest absolute Gasteiger partial charge is 0.482 e. The molecule has 1 aromatic rings. The molecule has 0 fully saturated rings. The summed E-state index contributed by atoms with van der Waals surface area (Å²) < 4.78 is 5.34. The van der Waals surface area contributed by atoms with Gasteiger partial charge in [0.25, 0.3) is 5.91 Å². The summed E-state index contributed by atoms with van der Waals surface area (Å²) in [6, 6.07) is 3.73. The molecule has 100 valence electrons. The molecule has 1 N–H and O–H groups in total. The van der Waals surface area contributed by atoms with Gasteiger partial charge < -0.3 is 15.0 Å². The maximum absolute atomic E-state index is 11.3. The second kappa shape index (κ2) is 7.66. The van der Waals surface area contributed by atoms with Gasteiger partial charge in [0.2, 0.25) is 0 Å². The van der Waals surface area contributed by atoms with Crippen LogP contribution in [0.4, 0.5) is 0 Å². The van der Waals surface area contributed by atoms with Gasteiger partial charge in [-0.3, -0.25) is 9.78 Å². The number of nitrogens with zero attached hydrogens (tertiary/aromatic N) is 2. The lowest BCUT2D eigenvalue weighted by Gasteiger charge is -2.11. The lowest BCUT2D eigenvalue weighted by atomic mass is 10.3. The number of carbonyl (C=O) groups is 1. The van der Waals surface area contributed by atoms with Crippen molar-refractivity contribution in [2.75, 3.05) is 27.2 Å². The first-order chi connectivity index (χ1) is 8.63. The average molecular weight is 251 g/mol. The molecule has 1 heterocycles. The Balaban J connectivity index is 2.38. The van der Waals surface area contributed by atoms with Crippen LogP contribution in [0, 0.1) is 0 Å². The number of amides is 1. The molecule has 5 heteroatoms. The number of nitrogens with one attached hydrogen (secondary N) is 1. The molecule has 0 radical (unpaired) electrons. The van der Waals surface area contributed by atoms with Crippen molar-refractivity contribution < 1.29 is 9.53 Å². The Morgan fingerprint density at radius 2 is 2.22 bits per heavy atom. The number of likely N-dealkylation sites (N-methyl/N-ethyl adjacent to an activating group) is 1. The highest BCUT2D eigenvalue weighted by molar-refractivity contribution is 5.77. The van der Waals surface area contributed by atoms with Gasteiger partial charge in [0.05, 0.1) is 11.9 Å². The van der Waals surface area contributed by atoms with E-state index in [1.54, 1.807) is 20.3 Å². The van der Waals surface area contributed by atoms with Crippen molar-refractivity contribution in [1.82, 2.24) is 15.2 Å². The van der Waals surface area contributed by atoms with Crippen molar-refractivity contribution in [3.63, 3.8) is 0 Å². The van der Waals surface area contributed by atoms with Gasteiger partial charge >= 0.3 is 0 Å². The van der Waals surface area contributed by atoms with Crippen molar-refractivity contribution in [1.29, 1.82) is 0 Å². The maximum Gasteiger partial charge on any atom is 0.259 e. The minimum absolute atomic E-state index is 0.0438. The number of ether oxygens (including phenoxy) is 1. The Labute approximate surface area is 108 Å². The van der Waals surface area contributed by atoms with Gasteiger partial charge in [-0.1, -0.05) is 6.92 Å². The molecule has 0 bridgehead atoms. The summed E-state index contributed by atoms with van der Waals surface area (Å²) >= 11 is 0. The number of rotatable bonds is 7. The van der Waals surface area contributed by atoms with Crippen LogP contribution in [0.25, 0.3) is 0 Å². The smallest absolute Gasteiger partial charge is 0.259 e. The summed E-state index contributed by atoms with van der Waals surface area (Å²) in [4.78, 5) is 17.1. The number of aromatic nitrogens is 1. The van der Waals surface area contributed by atoms with Crippen molar-refractivity contribution >= 4 is 5.91 Å². The molecule has 0 unspecified atom stereocenters. The predicted molar refractivity (Wildman–Crippen MR) is 70.4 cm³/mol. The second-order valence-corrected chi connectivity index (χ2v) is 4.24. The third-order valence-electron chi connectivity index (χ3n) is 2.39. The van der Waals surface area contributed by atoms with Crippen LogP contribution in [-0.4, -0.2) is 43.0 Å². The number of carbonyl (C=O) groups excluding carboxylic acids is 1. The Morgan fingerprint density at radius 1 is 1.44 bits per heavy atom. The number of hydrogen-bond donors (Lipinski definition) is 1. The van der Waals surface area contributed by atoms with Crippen molar-refractivity contribution in [2.45, 2.75) is 19.9 Å². The zero-order valence-electron chi connectivity index (χ0n) is 11.3. The highest BCUT2D eigenvalue weighted by atomic mass is 16.5. The molecule has 0 saturated heterocycles. The minimum atomic E-state index is -0.0660. The number of pyridine rings is 1. The standard InChI is InChI=1S/C13H21N3O2/c1-4-7-14-8-11-5-6-12(9-15-11)18-10-13(17)16(2)3/h5-6,9,14H,4,7-8,10H2,1-3H3. The summed E-state index contributed by atoms with van der Waals surface area (Å²) in [6.07, 6.45) is 2.75. The highest BCUT2D eigenvalue weighted by Crippen LogP contribution is 2.09. The van der Waals surface area contributed by atoms with Crippen molar-refractivity contribution in [2.24, 2.45) is 0 Å². The molecule has 0 aliphatic heterocycles. The highest BCUT2D eigenvalue weighted by Gasteiger charge is 2.04. The Kier molecular flexibility index (Phi) is 6.14. The average Bonchev–Trinajstić information content (AvgIpc) is 2.37. The fourth-order valence-corrected chi connectivity index (χ4v) is 1.27. The first-order valence-electron chi connectivity index (χ1n) is 6.12. The Morgan fingerprint density at radius 3 is 2.78 bits per heavy atom. The van der Waals surface area contributed by atoms with Gasteiger partial charge in [0.15, 0.2) is 6.61 Å². The van der Waals surface area contributed by atoms with Gasteiger partial charge in [-0.2, -0.15) is 0 Å². The van der Waals surface area contributed by atoms with E-state index in [1.807, 2.05) is 12.1 Å². The molecule has 0 saturated carbocycles. The zero-order valence-corrected chi connectivity index (χ0v) is 11.3. The molecule has 1 aromatic heterocycles. The van der Waals surface area contributed by atoms with E-state index in [0.29, 0.717) is 5.75 Å². The van der Waals surface area contributed by atoms with E-state index in [9.17, 15) is 4.79 Å². The molecule has 0 atom stereocenters. The van der Waals surface area contributed by atoms with Crippen LogP contribution in [0.1, 0.15) is 19.0 Å². The maximum atomic E-state index is 11.3. The van der Waals surface area contributed by atoms with Gasteiger partial charge in [-0.15, -0.1) is 0 Å². The Hall–Kier alpha value is -1.62. The van der Waals surface area contributed by atoms with Crippen LogP contribution in [0.3, 0.4) is 0 Å². The quantitative estimate of drug-likeness (QED) is 0.736. The van der Waals surface area contributed by atoms with Crippen molar-refractivity contribution in [3.05, 3.63) is 24.0 Å². The fraction of sp³-hybridized carbons (Fsp3) is 0.538. The van der Waals surface area contributed by atoms with E-state index < -0.39 is 0 Å². The molecule has 1 amide bonds. The van der Waals surface area contributed by atoms with Crippen LogP contribution < -0.4 is 10.1 Å². The SMILES string of the molecule is CCCNCc1ccc(OCC(=O)N(C)C)cn1. The first-order valence-corrected chi connectivity index (χ1v) is 6.12. The summed E-state index contributed by atoms with van der Waals surface area (Å²) in [5.41, 5.74) is 0.967. The molecule has 18 heavy (non-hydrogen) atoms. The van der Waals surface area contributed by atoms with Crippen molar-refractivity contribution in [3.8, 4) is 5.75 Å². The van der Waals surface area contributed by atoms with Crippen LogP contribution >= 0.6 is 0 Å². The first kappa shape index (κ1) is 14.4. The van der Waals surface area contributed by atoms with Crippen LogP contribution in [0.5, 0.6) is 5.75 Å². The summed E-state index contributed by atoms with van der Waals surface area (Å²) in [5.74, 6) is 0.549. The van der Waals surface area contributed by atoms with E-state index in [-0.39, 0.29) is 12.5 Å². The zero-order chi connectivity index (χ0) is 13.4. The topological polar surface area (TPSA) is 54.5 Å². The van der Waals surface area contributed by atoms with E-state index in [0.717, 1.165) is 25.2 Å². The lowest BCUT2D eigenvalue weighted by Crippen LogP contribution is -2.27. The third-order valence-corrected chi connectivity index (χ3v) is 2.39. The molecule has 0 spiro atoms. The van der Waals surface area contributed by atoms with Crippen LogP contribution in [0.15, 0.2) is 18.3 Å². The van der Waals surface area contributed by atoms with Crippen LogP contribution in [0.2, 0.25) is 0 Å². The normalized spacial score (nSPS) is 10.2. The number of hydrogen-bond acceptors (Lipinski definition) is 4. The Bertz CT molecular complexity index is 363. The molecular weight excluding hydrogens is 230 g/mol. The third kappa shape index (κ3) is 5.14. The van der Waals surface area contributed by atoms with Gasteiger partial charge in [-0.05, 0) is 25.1 Å². The summed E-state index contributed by atoms with van der Waals surface area (Å²) in [5, 5.41) is 3.27. The lowest BCUT2D eigenvalue weighted by molar-refractivity contribution is -0.130. The molecule has 0 aliphatic rings. The van der Waals surface area contributed by atoms with Gasteiger partial charge in [0.1, 0.15) is 5.75 Å². The second-order valence-electron chi connectivity index (χ2n) is 4.24. The predicted octanol–water partition coefficient (Wildman–Crippen LogP) is 1.05. The molecule has 0 aliphatic carbocycles.